The molecule has 2 heterocycles. The summed E-state index contributed by atoms with van der Waals surface area (Å²) in [6, 6.07) is 15.7. The number of rotatable bonds is 6. The van der Waals surface area contributed by atoms with Crippen LogP contribution in [0.2, 0.25) is 0 Å². The maximum absolute atomic E-state index is 13.2. The van der Waals surface area contributed by atoms with E-state index in [-0.39, 0.29) is 11.4 Å². The van der Waals surface area contributed by atoms with E-state index >= 15 is 0 Å². The van der Waals surface area contributed by atoms with Crippen LogP contribution in [0, 0.1) is 5.82 Å². The standard InChI is InChI=1S/C21H17FN2O2S/c22-16-9-7-15(8-10-16)18-13-27-20-19(18)21(25)24(14-23-20)11-4-12-26-17-5-2-1-3-6-17/h1-3,5-10,13-14H,4,11-12H2. The number of nitrogens with zero attached hydrogens (tertiary/aromatic N) is 2. The molecule has 0 amide bonds. The van der Waals surface area contributed by atoms with E-state index in [4.69, 9.17) is 4.74 Å². The molecular formula is C21H17FN2O2S. The van der Waals surface area contributed by atoms with Gasteiger partial charge in [0.2, 0.25) is 0 Å². The number of hydrogen-bond acceptors (Lipinski definition) is 4. The van der Waals surface area contributed by atoms with Gasteiger partial charge in [0.25, 0.3) is 5.56 Å². The molecule has 0 atom stereocenters. The van der Waals surface area contributed by atoms with Crippen molar-refractivity contribution in [3.8, 4) is 16.9 Å². The van der Waals surface area contributed by atoms with Gasteiger partial charge in [0, 0.05) is 17.5 Å². The molecule has 0 saturated heterocycles. The molecule has 0 aliphatic rings. The van der Waals surface area contributed by atoms with Crippen molar-refractivity contribution in [3.05, 3.63) is 82.5 Å². The Balaban J connectivity index is 1.54. The Morgan fingerprint density at radius 3 is 2.63 bits per heavy atom. The Bertz CT molecular complexity index is 1100. The first-order valence-corrected chi connectivity index (χ1v) is 9.51. The minimum Gasteiger partial charge on any atom is -0.494 e. The summed E-state index contributed by atoms with van der Waals surface area (Å²) in [6.45, 7) is 1.04. The van der Waals surface area contributed by atoms with Gasteiger partial charge in [-0.2, -0.15) is 0 Å². The van der Waals surface area contributed by atoms with Crippen molar-refractivity contribution < 1.29 is 9.13 Å². The SMILES string of the molecule is O=c1c2c(-c3ccc(F)cc3)csc2ncn1CCCOc1ccccc1. The first kappa shape index (κ1) is 17.4. The number of benzene rings is 2. The minimum atomic E-state index is -0.299. The number of thiophene rings is 1. The Kier molecular flexibility index (Phi) is 4.98. The third kappa shape index (κ3) is 3.75. The number of aromatic nitrogens is 2. The molecule has 0 aliphatic carbocycles. The van der Waals surface area contributed by atoms with Crippen LogP contribution in [0.1, 0.15) is 6.42 Å². The summed E-state index contributed by atoms with van der Waals surface area (Å²) in [5, 5.41) is 2.48. The lowest BCUT2D eigenvalue weighted by Gasteiger charge is -2.08. The maximum Gasteiger partial charge on any atom is 0.262 e. The quantitative estimate of drug-likeness (QED) is 0.454. The number of hydrogen-bond donors (Lipinski definition) is 0. The molecule has 0 aliphatic heterocycles. The number of aryl methyl sites for hydroxylation is 1. The fourth-order valence-electron chi connectivity index (χ4n) is 2.91. The van der Waals surface area contributed by atoms with Gasteiger partial charge in [-0.1, -0.05) is 30.3 Å². The van der Waals surface area contributed by atoms with Gasteiger partial charge >= 0.3 is 0 Å². The molecule has 0 saturated carbocycles. The minimum absolute atomic E-state index is 0.0831. The van der Waals surface area contributed by atoms with Crippen molar-refractivity contribution in [1.82, 2.24) is 9.55 Å². The van der Waals surface area contributed by atoms with Gasteiger partial charge in [0.15, 0.2) is 0 Å². The Labute approximate surface area is 159 Å². The second-order valence-corrected chi connectivity index (χ2v) is 6.95. The lowest BCUT2D eigenvalue weighted by atomic mass is 10.1. The molecular weight excluding hydrogens is 363 g/mol. The summed E-state index contributed by atoms with van der Waals surface area (Å²) in [4.78, 5) is 18.0. The largest absolute Gasteiger partial charge is 0.494 e. The molecule has 2 aromatic carbocycles. The molecule has 0 bridgehead atoms. The summed E-state index contributed by atoms with van der Waals surface area (Å²) in [6.07, 6.45) is 2.27. The lowest BCUT2D eigenvalue weighted by Crippen LogP contribution is -2.21. The van der Waals surface area contributed by atoms with Crippen molar-refractivity contribution in [2.75, 3.05) is 6.61 Å². The van der Waals surface area contributed by atoms with Gasteiger partial charge in [-0.3, -0.25) is 9.36 Å². The van der Waals surface area contributed by atoms with Crippen molar-refractivity contribution >= 4 is 21.6 Å². The molecule has 136 valence electrons. The van der Waals surface area contributed by atoms with E-state index in [0.29, 0.717) is 29.8 Å². The molecule has 27 heavy (non-hydrogen) atoms. The first-order chi connectivity index (χ1) is 13.2. The molecule has 6 heteroatoms. The van der Waals surface area contributed by atoms with Crippen LogP contribution >= 0.6 is 11.3 Å². The highest BCUT2D eigenvalue weighted by molar-refractivity contribution is 7.17. The molecule has 0 unspecified atom stereocenters. The highest BCUT2D eigenvalue weighted by atomic mass is 32.1. The zero-order valence-corrected chi connectivity index (χ0v) is 15.3. The van der Waals surface area contributed by atoms with E-state index in [1.54, 1.807) is 23.0 Å². The molecule has 0 radical (unpaired) electrons. The average molecular weight is 380 g/mol. The fourth-order valence-corrected chi connectivity index (χ4v) is 3.82. The second-order valence-electron chi connectivity index (χ2n) is 6.09. The van der Waals surface area contributed by atoms with Gasteiger partial charge in [-0.05, 0) is 36.2 Å². The van der Waals surface area contributed by atoms with Crippen LogP contribution < -0.4 is 10.3 Å². The highest BCUT2D eigenvalue weighted by Crippen LogP contribution is 2.30. The Hall–Kier alpha value is -2.99. The van der Waals surface area contributed by atoms with Crippen molar-refractivity contribution in [1.29, 1.82) is 0 Å². The van der Waals surface area contributed by atoms with Gasteiger partial charge in [-0.15, -0.1) is 11.3 Å². The number of ether oxygens (including phenoxy) is 1. The van der Waals surface area contributed by atoms with E-state index in [2.05, 4.69) is 4.98 Å². The third-order valence-corrected chi connectivity index (χ3v) is 5.16. The third-order valence-electron chi connectivity index (χ3n) is 4.27. The summed E-state index contributed by atoms with van der Waals surface area (Å²) >= 11 is 1.42. The van der Waals surface area contributed by atoms with Crippen LogP contribution in [-0.2, 0) is 6.54 Å². The Morgan fingerprint density at radius 1 is 1.07 bits per heavy atom. The van der Waals surface area contributed by atoms with Crippen LogP contribution in [0.3, 0.4) is 0 Å². The van der Waals surface area contributed by atoms with E-state index in [9.17, 15) is 9.18 Å². The van der Waals surface area contributed by atoms with E-state index in [0.717, 1.165) is 16.9 Å². The summed E-state index contributed by atoms with van der Waals surface area (Å²) in [7, 11) is 0. The van der Waals surface area contributed by atoms with Gasteiger partial charge in [0.05, 0.1) is 18.3 Å². The predicted molar refractivity (Wildman–Crippen MR) is 106 cm³/mol. The molecule has 2 aromatic heterocycles. The van der Waals surface area contributed by atoms with E-state index in [1.807, 2.05) is 35.7 Å². The monoisotopic (exact) mass is 380 g/mol. The molecule has 0 N–H and O–H groups in total. The predicted octanol–water partition coefficient (Wildman–Crippen LogP) is 4.73. The number of fused-ring (bicyclic) bond motifs is 1. The van der Waals surface area contributed by atoms with Crippen molar-refractivity contribution in [2.24, 2.45) is 0 Å². The summed E-state index contributed by atoms with van der Waals surface area (Å²) in [5.41, 5.74) is 1.52. The number of halogens is 1. The zero-order chi connectivity index (χ0) is 18.6. The van der Waals surface area contributed by atoms with Crippen LogP contribution in [0.4, 0.5) is 4.39 Å². The van der Waals surface area contributed by atoms with Gasteiger partial charge < -0.3 is 4.74 Å². The topological polar surface area (TPSA) is 44.1 Å². The summed E-state index contributed by atoms with van der Waals surface area (Å²) < 4.78 is 20.5. The fraction of sp³-hybridized carbons (Fsp3) is 0.143. The molecule has 4 nitrogen and oxygen atoms in total. The molecule has 4 rings (SSSR count). The molecule has 0 spiro atoms. The van der Waals surface area contributed by atoms with Gasteiger partial charge in [0.1, 0.15) is 16.4 Å². The van der Waals surface area contributed by atoms with E-state index in [1.165, 1.54) is 23.5 Å². The molecule has 0 fully saturated rings. The van der Waals surface area contributed by atoms with E-state index < -0.39 is 0 Å². The smallest absolute Gasteiger partial charge is 0.262 e. The van der Waals surface area contributed by atoms with Gasteiger partial charge in [-0.25, -0.2) is 9.37 Å². The maximum atomic E-state index is 13.2. The molecule has 4 aromatic rings. The van der Waals surface area contributed by atoms with Crippen LogP contribution in [0.25, 0.3) is 21.3 Å². The van der Waals surface area contributed by atoms with Crippen LogP contribution in [-0.4, -0.2) is 16.2 Å². The normalized spacial score (nSPS) is 11.0. The van der Waals surface area contributed by atoms with Crippen LogP contribution in [0.15, 0.2) is 71.1 Å². The van der Waals surface area contributed by atoms with Crippen molar-refractivity contribution in [3.63, 3.8) is 0 Å². The van der Waals surface area contributed by atoms with Crippen molar-refractivity contribution in [2.45, 2.75) is 13.0 Å². The lowest BCUT2D eigenvalue weighted by molar-refractivity contribution is 0.301. The first-order valence-electron chi connectivity index (χ1n) is 8.63. The second kappa shape index (κ2) is 7.72. The highest BCUT2D eigenvalue weighted by Gasteiger charge is 2.13. The summed E-state index contributed by atoms with van der Waals surface area (Å²) in [5.74, 6) is 0.516. The Morgan fingerprint density at radius 2 is 1.85 bits per heavy atom. The average Bonchev–Trinajstić information content (AvgIpc) is 3.13. The van der Waals surface area contributed by atoms with Crippen LogP contribution in [0.5, 0.6) is 5.75 Å². The number of para-hydroxylation sites is 1. The zero-order valence-electron chi connectivity index (χ0n) is 14.5.